The molecule has 1 amide bonds. The minimum Gasteiger partial charge on any atom is -0.386 e. The third-order valence-electron chi connectivity index (χ3n) is 5.76. The van der Waals surface area contributed by atoms with E-state index in [4.69, 9.17) is 11.5 Å². The maximum Gasteiger partial charge on any atom is 0.281 e. The lowest BCUT2D eigenvalue weighted by molar-refractivity contribution is 0.100. The van der Waals surface area contributed by atoms with Gasteiger partial charge in [0, 0.05) is 25.0 Å². The van der Waals surface area contributed by atoms with Crippen LogP contribution in [-0.2, 0) is 12.5 Å². The van der Waals surface area contributed by atoms with Crippen LogP contribution in [0.2, 0.25) is 0 Å². The summed E-state index contributed by atoms with van der Waals surface area (Å²) in [5.74, 6) is 0.554. The summed E-state index contributed by atoms with van der Waals surface area (Å²) >= 11 is 0. The summed E-state index contributed by atoms with van der Waals surface area (Å²) in [6.07, 6.45) is 7.74. The Hall–Kier alpha value is -3.48. The first-order chi connectivity index (χ1) is 13.9. The summed E-state index contributed by atoms with van der Waals surface area (Å²) in [4.78, 5) is 20.9. The second-order valence-electron chi connectivity index (χ2n) is 7.64. The molecule has 1 aliphatic carbocycles. The number of amides is 1. The van der Waals surface area contributed by atoms with Crippen molar-refractivity contribution >= 4 is 17.6 Å². The van der Waals surface area contributed by atoms with E-state index in [0.29, 0.717) is 17.2 Å². The fourth-order valence-electron chi connectivity index (χ4n) is 3.76. The van der Waals surface area contributed by atoms with E-state index in [-0.39, 0.29) is 11.3 Å². The summed E-state index contributed by atoms with van der Waals surface area (Å²) < 4.78 is 1.57. The van der Waals surface area contributed by atoms with Gasteiger partial charge in [0.2, 0.25) is 0 Å². The summed E-state index contributed by atoms with van der Waals surface area (Å²) in [6.45, 7) is 1.94. The highest BCUT2D eigenvalue weighted by molar-refractivity contribution is 6.06. The van der Waals surface area contributed by atoms with E-state index in [1.165, 1.54) is 6.20 Å². The van der Waals surface area contributed by atoms with E-state index in [1.807, 2.05) is 13.0 Å². The molecule has 1 saturated carbocycles. The second-order valence-corrected chi connectivity index (χ2v) is 7.64. The lowest BCUT2D eigenvalue weighted by Crippen LogP contribution is -2.47. The van der Waals surface area contributed by atoms with Crippen molar-refractivity contribution in [2.24, 2.45) is 17.8 Å². The van der Waals surface area contributed by atoms with Crippen molar-refractivity contribution in [2.45, 2.75) is 31.6 Å². The van der Waals surface area contributed by atoms with Gasteiger partial charge in [-0.1, -0.05) is 30.7 Å². The van der Waals surface area contributed by atoms with Crippen LogP contribution < -0.4 is 11.5 Å². The van der Waals surface area contributed by atoms with Gasteiger partial charge in [-0.2, -0.15) is 10.1 Å². The predicted molar refractivity (Wildman–Crippen MR) is 114 cm³/mol. The molecule has 4 N–H and O–H groups in total. The fourth-order valence-corrected chi connectivity index (χ4v) is 3.76. The summed E-state index contributed by atoms with van der Waals surface area (Å²) in [5, 5.41) is 4.02. The number of carbonyl (C=O) groups excluding carboxylic acids is 1. The second kappa shape index (κ2) is 7.16. The van der Waals surface area contributed by atoms with Gasteiger partial charge in [-0.3, -0.25) is 9.48 Å². The van der Waals surface area contributed by atoms with Crippen molar-refractivity contribution in [3.8, 4) is 11.1 Å². The first kappa shape index (κ1) is 18.9. The van der Waals surface area contributed by atoms with Gasteiger partial charge in [0.25, 0.3) is 5.91 Å². The maximum absolute atomic E-state index is 12.4. The normalized spacial score (nSPS) is 15.7. The summed E-state index contributed by atoms with van der Waals surface area (Å²) in [6, 6.07) is 10.3. The van der Waals surface area contributed by atoms with Crippen LogP contribution in [0.1, 0.15) is 40.7 Å². The number of pyridine rings is 1. The molecule has 2 heterocycles. The largest absolute Gasteiger partial charge is 0.386 e. The first-order valence-corrected chi connectivity index (χ1v) is 9.60. The lowest BCUT2D eigenvalue weighted by Gasteiger charge is -2.41. The predicted octanol–water partition coefficient (Wildman–Crippen LogP) is 2.99. The number of aliphatic imine (C=N–C) groups is 1. The SMILES string of the molecule is Cc1cc(-c2ccc(C3(C(N)=NC(=O)c4cnn(C)c4)CCC3)cc2)cnc1N. The minimum atomic E-state index is -0.383. The summed E-state index contributed by atoms with van der Waals surface area (Å²) in [5.41, 5.74) is 16.3. The Bertz CT molecular complexity index is 1090. The van der Waals surface area contributed by atoms with Crippen LogP contribution in [0.15, 0.2) is 53.9 Å². The number of nitrogen functional groups attached to an aromatic ring is 1. The number of hydrogen-bond acceptors (Lipinski definition) is 4. The molecule has 148 valence electrons. The van der Waals surface area contributed by atoms with Crippen molar-refractivity contribution in [1.29, 1.82) is 0 Å². The molecule has 1 aliphatic rings. The standard InChI is InChI=1S/C22H24N6O/c1-14-10-16(11-25-19(14)23)15-4-6-18(7-5-15)22(8-3-9-22)21(24)27-20(29)17-12-26-28(2)13-17/h4-7,10-13H,3,8-9H2,1-2H3,(H2,23,25)(H2,24,27,29). The number of aromatic nitrogens is 3. The minimum absolute atomic E-state index is 0.359. The van der Waals surface area contributed by atoms with Crippen LogP contribution in [-0.4, -0.2) is 26.5 Å². The Labute approximate surface area is 169 Å². The smallest absolute Gasteiger partial charge is 0.281 e. The van der Waals surface area contributed by atoms with Gasteiger partial charge < -0.3 is 11.5 Å². The molecule has 0 radical (unpaired) electrons. The van der Waals surface area contributed by atoms with Gasteiger partial charge >= 0.3 is 0 Å². The van der Waals surface area contributed by atoms with E-state index in [1.54, 1.807) is 24.1 Å². The molecule has 7 heteroatoms. The molecular formula is C22H24N6O. The Morgan fingerprint density at radius 2 is 1.90 bits per heavy atom. The number of nitrogens with two attached hydrogens (primary N) is 2. The molecule has 1 fully saturated rings. The zero-order chi connectivity index (χ0) is 20.6. The number of nitrogens with zero attached hydrogens (tertiary/aromatic N) is 4. The highest BCUT2D eigenvalue weighted by Gasteiger charge is 2.42. The summed E-state index contributed by atoms with van der Waals surface area (Å²) in [7, 11) is 1.76. The van der Waals surface area contributed by atoms with Crippen molar-refractivity contribution in [3.05, 3.63) is 65.6 Å². The highest BCUT2D eigenvalue weighted by atomic mass is 16.1. The van der Waals surface area contributed by atoms with Gasteiger partial charge in [-0.05, 0) is 42.5 Å². The Kier molecular flexibility index (Phi) is 4.66. The van der Waals surface area contributed by atoms with E-state index in [2.05, 4.69) is 39.3 Å². The van der Waals surface area contributed by atoms with Crippen molar-refractivity contribution in [1.82, 2.24) is 14.8 Å². The Balaban J connectivity index is 1.62. The zero-order valence-corrected chi connectivity index (χ0v) is 16.6. The van der Waals surface area contributed by atoms with Gasteiger partial charge in [0.15, 0.2) is 0 Å². The van der Waals surface area contributed by atoms with Gasteiger partial charge in [-0.15, -0.1) is 0 Å². The molecule has 0 atom stereocenters. The number of carbonyl (C=O) groups is 1. The molecule has 1 aromatic carbocycles. The molecule has 0 spiro atoms. The highest BCUT2D eigenvalue weighted by Crippen LogP contribution is 2.44. The first-order valence-electron chi connectivity index (χ1n) is 9.60. The third-order valence-corrected chi connectivity index (χ3v) is 5.76. The van der Waals surface area contributed by atoms with E-state index < -0.39 is 0 Å². The molecule has 4 rings (SSSR count). The van der Waals surface area contributed by atoms with Gasteiger partial charge in [0.1, 0.15) is 11.7 Å². The lowest BCUT2D eigenvalue weighted by atomic mass is 9.63. The Morgan fingerprint density at radius 1 is 1.17 bits per heavy atom. The molecular weight excluding hydrogens is 364 g/mol. The number of aryl methyl sites for hydroxylation is 2. The fraction of sp³-hybridized carbons (Fsp3) is 0.273. The molecule has 7 nitrogen and oxygen atoms in total. The van der Waals surface area contributed by atoms with Crippen LogP contribution in [0.4, 0.5) is 5.82 Å². The van der Waals surface area contributed by atoms with Crippen molar-refractivity contribution in [3.63, 3.8) is 0 Å². The number of rotatable bonds is 4. The monoisotopic (exact) mass is 388 g/mol. The van der Waals surface area contributed by atoms with Crippen LogP contribution in [0, 0.1) is 6.92 Å². The molecule has 0 saturated heterocycles. The van der Waals surface area contributed by atoms with Gasteiger partial charge in [0.05, 0.1) is 17.2 Å². The number of amidine groups is 1. The van der Waals surface area contributed by atoms with E-state index in [0.717, 1.165) is 41.5 Å². The van der Waals surface area contributed by atoms with Crippen molar-refractivity contribution < 1.29 is 4.79 Å². The third kappa shape index (κ3) is 3.40. The van der Waals surface area contributed by atoms with Crippen LogP contribution in [0.3, 0.4) is 0 Å². The molecule has 2 aromatic heterocycles. The van der Waals surface area contributed by atoms with Crippen LogP contribution in [0.5, 0.6) is 0 Å². The molecule has 29 heavy (non-hydrogen) atoms. The molecule has 0 bridgehead atoms. The topological polar surface area (TPSA) is 112 Å². The number of benzene rings is 1. The number of hydrogen-bond donors (Lipinski definition) is 2. The molecule has 0 aliphatic heterocycles. The molecule has 3 aromatic rings. The zero-order valence-electron chi connectivity index (χ0n) is 16.6. The van der Waals surface area contributed by atoms with Crippen molar-refractivity contribution in [2.75, 3.05) is 5.73 Å². The van der Waals surface area contributed by atoms with E-state index >= 15 is 0 Å². The Morgan fingerprint density at radius 3 is 2.45 bits per heavy atom. The molecule has 0 unspecified atom stereocenters. The average Bonchev–Trinajstić information content (AvgIpc) is 3.10. The van der Waals surface area contributed by atoms with E-state index in [9.17, 15) is 4.79 Å². The van der Waals surface area contributed by atoms with Crippen LogP contribution >= 0.6 is 0 Å². The number of anilines is 1. The quantitative estimate of drug-likeness (QED) is 0.527. The van der Waals surface area contributed by atoms with Crippen LogP contribution in [0.25, 0.3) is 11.1 Å². The van der Waals surface area contributed by atoms with Gasteiger partial charge in [-0.25, -0.2) is 4.98 Å². The average molecular weight is 388 g/mol. The maximum atomic E-state index is 12.4.